The lowest BCUT2D eigenvalue weighted by Crippen LogP contribution is -2.12. The second-order valence-electron chi connectivity index (χ2n) is 5.37. The zero-order chi connectivity index (χ0) is 15.4. The molecule has 0 saturated carbocycles. The third-order valence-electron chi connectivity index (χ3n) is 3.80. The molecule has 0 amide bonds. The van der Waals surface area contributed by atoms with E-state index >= 15 is 0 Å². The van der Waals surface area contributed by atoms with Crippen LogP contribution in [-0.2, 0) is 5.88 Å². The van der Waals surface area contributed by atoms with Crippen LogP contribution in [0.1, 0.15) is 57.8 Å². The molecule has 0 aliphatic carbocycles. The molecule has 1 atom stereocenters. The topological polar surface area (TPSA) is 17.8 Å². The molecule has 0 aliphatic rings. The average Bonchev–Trinajstić information content (AvgIpc) is 2.81. The summed E-state index contributed by atoms with van der Waals surface area (Å²) >= 11 is 18.4. The van der Waals surface area contributed by atoms with Crippen LogP contribution in [0, 0.1) is 0 Å². The maximum absolute atomic E-state index is 6.19. The van der Waals surface area contributed by atoms with Crippen molar-refractivity contribution >= 4 is 45.8 Å². The molecule has 0 aliphatic heterocycles. The standard InChI is InChI=1S/C16H21Cl3N2/c1-3-5-7-11(6-4-2)21-15-9-13(19)12(18)8-14(15)20-16(21)10-17/h8-9,11H,3-7,10H2,1-2H3. The SMILES string of the molecule is CCCCC(CCC)n1c(CCl)nc2cc(Cl)c(Cl)cc21. The summed E-state index contributed by atoms with van der Waals surface area (Å²) in [7, 11) is 0. The third-order valence-corrected chi connectivity index (χ3v) is 4.76. The predicted octanol–water partition coefficient (Wildman–Crippen LogP) is 6.61. The Morgan fingerprint density at radius 1 is 1.10 bits per heavy atom. The van der Waals surface area contributed by atoms with Crippen LogP contribution in [0.4, 0.5) is 0 Å². The molecule has 21 heavy (non-hydrogen) atoms. The normalized spacial score (nSPS) is 13.0. The van der Waals surface area contributed by atoms with Crippen LogP contribution in [0.15, 0.2) is 12.1 Å². The van der Waals surface area contributed by atoms with Crippen LogP contribution < -0.4 is 0 Å². The average molecular weight is 348 g/mol. The smallest absolute Gasteiger partial charge is 0.125 e. The maximum atomic E-state index is 6.19. The van der Waals surface area contributed by atoms with Gasteiger partial charge in [0.2, 0.25) is 0 Å². The molecular weight excluding hydrogens is 327 g/mol. The van der Waals surface area contributed by atoms with Crippen LogP contribution in [-0.4, -0.2) is 9.55 Å². The van der Waals surface area contributed by atoms with Crippen LogP contribution in [0.25, 0.3) is 11.0 Å². The van der Waals surface area contributed by atoms with Crippen molar-refractivity contribution < 1.29 is 0 Å². The number of aromatic nitrogens is 2. The molecule has 0 saturated heterocycles. The Labute approximate surface area is 141 Å². The van der Waals surface area contributed by atoms with Gasteiger partial charge in [-0.1, -0.05) is 56.3 Å². The van der Waals surface area contributed by atoms with Crippen molar-refractivity contribution in [2.45, 2.75) is 57.9 Å². The van der Waals surface area contributed by atoms with Gasteiger partial charge in [-0.3, -0.25) is 0 Å². The molecule has 1 unspecified atom stereocenters. The molecule has 1 aromatic heterocycles. The quantitative estimate of drug-likeness (QED) is 0.515. The molecule has 0 radical (unpaired) electrons. The molecule has 1 aromatic carbocycles. The fraction of sp³-hybridized carbons (Fsp3) is 0.562. The first kappa shape index (κ1) is 16.9. The highest BCUT2D eigenvalue weighted by Gasteiger charge is 2.19. The molecule has 2 rings (SSSR count). The number of hydrogen-bond acceptors (Lipinski definition) is 1. The van der Waals surface area contributed by atoms with E-state index in [1.165, 1.54) is 12.8 Å². The van der Waals surface area contributed by atoms with Gasteiger partial charge in [-0.15, -0.1) is 11.6 Å². The van der Waals surface area contributed by atoms with Gasteiger partial charge in [-0.25, -0.2) is 4.98 Å². The zero-order valence-electron chi connectivity index (χ0n) is 12.5. The molecule has 2 aromatic rings. The highest BCUT2D eigenvalue weighted by atomic mass is 35.5. The lowest BCUT2D eigenvalue weighted by Gasteiger charge is -2.21. The summed E-state index contributed by atoms with van der Waals surface area (Å²) < 4.78 is 2.27. The van der Waals surface area contributed by atoms with Gasteiger partial charge in [0, 0.05) is 6.04 Å². The first-order chi connectivity index (χ1) is 10.1. The molecule has 5 heteroatoms. The lowest BCUT2D eigenvalue weighted by molar-refractivity contribution is 0.418. The summed E-state index contributed by atoms with van der Waals surface area (Å²) in [6.45, 7) is 4.43. The van der Waals surface area contributed by atoms with E-state index in [0.29, 0.717) is 22.0 Å². The predicted molar refractivity (Wildman–Crippen MR) is 92.8 cm³/mol. The Morgan fingerprint density at radius 2 is 1.81 bits per heavy atom. The van der Waals surface area contributed by atoms with Crippen molar-refractivity contribution in [3.05, 3.63) is 28.0 Å². The number of rotatable bonds is 7. The Balaban J connectivity index is 2.54. The number of nitrogens with zero attached hydrogens (tertiary/aromatic N) is 2. The molecule has 0 spiro atoms. The van der Waals surface area contributed by atoms with Crippen LogP contribution in [0.2, 0.25) is 10.0 Å². The van der Waals surface area contributed by atoms with E-state index < -0.39 is 0 Å². The minimum Gasteiger partial charge on any atom is -0.324 e. The minimum atomic E-state index is 0.399. The first-order valence-corrected chi connectivity index (χ1v) is 8.83. The van der Waals surface area contributed by atoms with Crippen molar-refractivity contribution in [3.63, 3.8) is 0 Å². The van der Waals surface area contributed by atoms with Gasteiger partial charge in [0.15, 0.2) is 0 Å². The third kappa shape index (κ3) is 3.67. The molecular formula is C16H21Cl3N2. The Hall–Kier alpha value is -0.440. The highest BCUT2D eigenvalue weighted by molar-refractivity contribution is 6.42. The molecule has 0 fully saturated rings. The minimum absolute atomic E-state index is 0.399. The van der Waals surface area contributed by atoms with Crippen LogP contribution in [0.5, 0.6) is 0 Å². The van der Waals surface area contributed by atoms with E-state index in [-0.39, 0.29) is 0 Å². The molecule has 116 valence electrons. The van der Waals surface area contributed by atoms with Crippen molar-refractivity contribution in [3.8, 4) is 0 Å². The van der Waals surface area contributed by atoms with Crippen molar-refractivity contribution in [1.82, 2.24) is 9.55 Å². The highest BCUT2D eigenvalue weighted by Crippen LogP contribution is 2.33. The monoisotopic (exact) mass is 346 g/mol. The summed E-state index contributed by atoms with van der Waals surface area (Å²) in [5.41, 5.74) is 1.91. The van der Waals surface area contributed by atoms with Gasteiger partial charge in [-0.05, 0) is 25.0 Å². The van der Waals surface area contributed by atoms with Crippen molar-refractivity contribution in [1.29, 1.82) is 0 Å². The summed E-state index contributed by atoms with van der Waals surface area (Å²) in [5, 5.41) is 1.10. The van der Waals surface area contributed by atoms with Crippen molar-refractivity contribution in [2.24, 2.45) is 0 Å². The van der Waals surface area contributed by atoms with Gasteiger partial charge in [-0.2, -0.15) is 0 Å². The number of hydrogen-bond donors (Lipinski definition) is 0. The fourth-order valence-electron chi connectivity index (χ4n) is 2.82. The lowest BCUT2D eigenvalue weighted by atomic mass is 10.0. The molecule has 0 N–H and O–H groups in total. The van der Waals surface area contributed by atoms with Gasteiger partial charge < -0.3 is 4.57 Å². The zero-order valence-corrected chi connectivity index (χ0v) is 14.8. The summed E-state index contributed by atoms with van der Waals surface area (Å²) in [6.07, 6.45) is 5.79. The van der Waals surface area contributed by atoms with E-state index in [9.17, 15) is 0 Å². The number of alkyl halides is 1. The van der Waals surface area contributed by atoms with Crippen molar-refractivity contribution in [2.75, 3.05) is 0 Å². The largest absolute Gasteiger partial charge is 0.324 e. The summed E-state index contributed by atoms with van der Waals surface area (Å²) in [6, 6.07) is 4.16. The fourth-order valence-corrected chi connectivity index (χ4v) is 3.32. The summed E-state index contributed by atoms with van der Waals surface area (Å²) in [5.74, 6) is 1.30. The Bertz CT molecular complexity index is 607. The van der Waals surface area contributed by atoms with E-state index in [4.69, 9.17) is 34.8 Å². The van der Waals surface area contributed by atoms with Gasteiger partial charge in [0.1, 0.15) is 5.82 Å². The number of imidazole rings is 1. The van der Waals surface area contributed by atoms with Gasteiger partial charge in [0.05, 0.1) is 27.0 Å². The number of halogens is 3. The van der Waals surface area contributed by atoms with Crippen LogP contribution in [0.3, 0.4) is 0 Å². The second kappa shape index (κ2) is 7.71. The summed E-state index contributed by atoms with van der Waals surface area (Å²) in [4.78, 5) is 4.63. The van der Waals surface area contributed by atoms with Crippen LogP contribution >= 0.6 is 34.8 Å². The molecule has 1 heterocycles. The van der Waals surface area contributed by atoms with Gasteiger partial charge in [0.25, 0.3) is 0 Å². The second-order valence-corrected chi connectivity index (χ2v) is 6.45. The Morgan fingerprint density at radius 3 is 2.43 bits per heavy atom. The maximum Gasteiger partial charge on any atom is 0.125 e. The number of unbranched alkanes of at least 4 members (excludes halogenated alkanes) is 1. The van der Waals surface area contributed by atoms with E-state index in [1.54, 1.807) is 0 Å². The molecule has 0 bridgehead atoms. The van der Waals surface area contributed by atoms with E-state index in [0.717, 1.165) is 36.1 Å². The van der Waals surface area contributed by atoms with E-state index in [2.05, 4.69) is 23.4 Å². The first-order valence-electron chi connectivity index (χ1n) is 7.54. The van der Waals surface area contributed by atoms with E-state index in [1.807, 2.05) is 12.1 Å². The number of fused-ring (bicyclic) bond motifs is 1. The molecule has 2 nitrogen and oxygen atoms in total. The van der Waals surface area contributed by atoms with Gasteiger partial charge >= 0.3 is 0 Å². The number of benzene rings is 1. The Kier molecular flexibility index (Phi) is 6.21.